The molecule has 3 amide bonds. The lowest BCUT2D eigenvalue weighted by atomic mass is 9.76. The Balaban J connectivity index is 1.65. The van der Waals surface area contributed by atoms with Gasteiger partial charge in [-0.15, -0.1) is 0 Å². The molecule has 4 unspecified atom stereocenters. The van der Waals surface area contributed by atoms with E-state index in [2.05, 4.69) is 10.6 Å². The van der Waals surface area contributed by atoms with Gasteiger partial charge in [0.25, 0.3) is 0 Å². The fourth-order valence-electron chi connectivity index (χ4n) is 5.62. The highest BCUT2D eigenvalue weighted by molar-refractivity contribution is 6.25. The van der Waals surface area contributed by atoms with E-state index in [4.69, 9.17) is 0 Å². The van der Waals surface area contributed by atoms with Gasteiger partial charge in [0.05, 0.1) is 17.5 Å². The normalized spacial score (nSPS) is 28.2. The van der Waals surface area contributed by atoms with Crippen molar-refractivity contribution in [3.63, 3.8) is 0 Å². The summed E-state index contributed by atoms with van der Waals surface area (Å²) in [6.07, 6.45) is -0.0430. The number of rotatable bonds is 4. The molecular formula is C24H23N3O5. The minimum absolute atomic E-state index is 0.132. The number of amides is 3. The molecule has 0 saturated carbocycles. The number of carboxylic acid groups (broad SMARTS) is 1. The van der Waals surface area contributed by atoms with Gasteiger partial charge in [-0.05, 0) is 49.6 Å². The lowest BCUT2D eigenvalue weighted by Gasteiger charge is -2.29. The van der Waals surface area contributed by atoms with Gasteiger partial charge in [-0.2, -0.15) is 0 Å². The molecule has 2 saturated heterocycles. The monoisotopic (exact) mass is 433 g/mol. The molecule has 164 valence electrons. The van der Waals surface area contributed by atoms with Gasteiger partial charge in [0, 0.05) is 23.7 Å². The van der Waals surface area contributed by atoms with Crippen molar-refractivity contribution in [2.24, 2.45) is 11.8 Å². The van der Waals surface area contributed by atoms with Crippen LogP contribution in [0.2, 0.25) is 0 Å². The maximum atomic E-state index is 13.8. The van der Waals surface area contributed by atoms with Crippen LogP contribution in [0.3, 0.4) is 0 Å². The summed E-state index contributed by atoms with van der Waals surface area (Å²) in [7, 11) is 0. The second-order valence-electron chi connectivity index (χ2n) is 8.85. The van der Waals surface area contributed by atoms with Crippen molar-refractivity contribution in [2.75, 3.05) is 10.2 Å². The van der Waals surface area contributed by atoms with Crippen molar-refractivity contribution in [3.05, 3.63) is 59.2 Å². The number of carboxylic acids is 1. The molecule has 0 aliphatic carbocycles. The number of aryl methyl sites for hydroxylation is 2. The molecule has 0 bridgehead atoms. The summed E-state index contributed by atoms with van der Waals surface area (Å²) in [5.74, 6) is -4.03. The molecule has 0 radical (unpaired) electrons. The van der Waals surface area contributed by atoms with Crippen molar-refractivity contribution in [1.29, 1.82) is 0 Å². The minimum atomic E-state index is -1.41. The number of carbonyl (C=O) groups excluding carboxylic acids is 3. The van der Waals surface area contributed by atoms with Crippen molar-refractivity contribution < 1.29 is 24.3 Å². The summed E-state index contributed by atoms with van der Waals surface area (Å²) in [4.78, 5) is 53.2. The van der Waals surface area contributed by atoms with Gasteiger partial charge < -0.3 is 10.4 Å². The van der Waals surface area contributed by atoms with Crippen molar-refractivity contribution in [3.8, 4) is 0 Å². The molecule has 2 aromatic rings. The van der Waals surface area contributed by atoms with Gasteiger partial charge in [-0.3, -0.25) is 24.5 Å². The Bertz CT molecular complexity index is 1170. The summed E-state index contributed by atoms with van der Waals surface area (Å²) in [6.45, 7) is 3.78. The lowest BCUT2D eigenvalue weighted by Crippen LogP contribution is -2.53. The standard InChI is InChI=1S/C24H23N3O5/c1-12-9-13(2)11-14(10-12)27-21(30)19-17(7-8-18(28)29)26-24(20(19)22(27)31)15-5-3-4-6-16(15)25-23(24)32/h3-6,9-11,17,19-20,26H,7-8H2,1-2H3,(H,25,32)(H,28,29). The zero-order chi connectivity index (χ0) is 22.8. The van der Waals surface area contributed by atoms with Gasteiger partial charge in [0.15, 0.2) is 0 Å². The SMILES string of the molecule is Cc1cc(C)cc(N2C(=O)C3C(CCC(=O)O)NC4(C(=O)Nc5ccccc54)C3C2=O)c1. The minimum Gasteiger partial charge on any atom is -0.481 e. The molecule has 32 heavy (non-hydrogen) atoms. The molecule has 3 aliphatic rings. The number of nitrogens with zero attached hydrogens (tertiary/aromatic N) is 1. The lowest BCUT2D eigenvalue weighted by molar-refractivity contribution is -0.137. The number of anilines is 2. The van der Waals surface area contributed by atoms with E-state index in [-0.39, 0.29) is 12.8 Å². The molecule has 8 heteroatoms. The molecule has 4 atom stereocenters. The number of carbonyl (C=O) groups is 4. The Morgan fingerprint density at radius 3 is 2.44 bits per heavy atom. The van der Waals surface area contributed by atoms with Crippen LogP contribution in [0.1, 0.15) is 29.5 Å². The molecule has 1 spiro atoms. The third-order valence-corrected chi connectivity index (χ3v) is 6.76. The zero-order valence-electron chi connectivity index (χ0n) is 17.7. The Morgan fingerprint density at radius 1 is 1.06 bits per heavy atom. The fourth-order valence-corrected chi connectivity index (χ4v) is 5.62. The first-order chi connectivity index (χ1) is 15.2. The largest absolute Gasteiger partial charge is 0.481 e. The Kier molecular flexibility index (Phi) is 4.46. The van der Waals surface area contributed by atoms with Gasteiger partial charge in [-0.1, -0.05) is 24.3 Å². The first-order valence-electron chi connectivity index (χ1n) is 10.6. The molecule has 8 nitrogen and oxygen atoms in total. The Hall–Kier alpha value is -3.52. The second kappa shape index (κ2) is 7.00. The zero-order valence-corrected chi connectivity index (χ0v) is 17.7. The summed E-state index contributed by atoms with van der Waals surface area (Å²) < 4.78 is 0. The quantitative estimate of drug-likeness (QED) is 0.636. The fraction of sp³-hybridized carbons (Fsp3) is 0.333. The van der Waals surface area contributed by atoms with Crippen LogP contribution in [0, 0.1) is 25.7 Å². The van der Waals surface area contributed by atoms with Crippen LogP contribution in [-0.4, -0.2) is 34.8 Å². The van der Waals surface area contributed by atoms with E-state index in [9.17, 15) is 24.3 Å². The highest BCUT2D eigenvalue weighted by Crippen LogP contribution is 2.54. The van der Waals surface area contributed by atoms with E-state index in [1.807, 2.05) is 19.9 Å². The Labute approximate surface area is 184 Å². The number of hydrogen-bond donors (Lipinski definition) is 3. The second-order valence-corrected chi connectivity index (χ2v) is 8.85. The average Bonchev–Trinajstić information content (AvgIpc) is 3.30. The maximum absolute atomic E-state index is 13.8. The third-order valence-electron chi connectivity index (χ3n) is 6.76. The van der Waals surface area contributed by atoms with Gasteiger partial charge in [-0.25, -0.2) is 4.90 Å². The van der Waals surface area contributed by atoms with E-state index in [1.165, 1.54) is 4.90 Å². The molecule has 2 fully saturated rings. The molecule has 5 rings (SSSR count). The van der Waals surface area contributed by atoms with Crippen LogP contribution in [0.15, 0.2) is 42.5 Å². The topological polar surface area (TPSA) is 116 Å². The highest BCUT2D eigenvalue weighted by Gasteiger charge is 2.70. The van der Waals surface area contributed by atoms with Crippen LogP contribution in [0.4, 0.5) is 11.4 Å². The average molecular weight is 433 g/mol. The number of aliphatic carboxylic acids is 1. The summed E-state index contributed by atoms with van der Waals surface area (Å²) in [6, 6.07) is 12.0. The third kappa shape index (κ3) is 2.72. The van der Waals surface area contributed by atoms with Crippen LogP contribution in [-0.2, 0) is 24.7 Å². The van der Waals surface area contributed by atoms with Crippen molar-refractivity contribution in [1.82, 2.24) is 5.32 Å². The highest BCUT2D eigenvalue weighted by atomic mass is 16.4. The number of imide groups is 1. The van der Waals surface area contributed by atoms with E-state index in [0.717, 1.165) is 11.1 Å². The van der Waals surface area contributed by atoms with E-state index < -0.39 is 47.1 Å². The predicted octanol–water partition coefficient (Wildman–Crippen LogP) is 2.09. The number of para-hydroxylation sites is 1. The molecule has 0 aromatic heterocycles. The van der Waals surface area contributed by atoms with Crippen molar-refractivity contribution in [2.45, 2.75) is 38.3 Å². The van der Waals surface area contributed by atoms with Crippen LogP contribution < -0.4 is 15.5 Å². The van der Waals surface area contributed by atoms with Gasteiger partial charge >= 0.3 is 5.97 Å². The van der Waals surface area contributed by atoms with Gasteiger partial charge in [0.1, 0.15) is 5.54 Å². The first kappa shape index (κ1) is 20.4. The molecule has 2 aromatic carbocycles. The first-order valence-corrected chi connectivity index (χ1v) is 10.6. The van der Waals surface area contributed by atoms with Crippen molar-refractivity contribution >= 4 is 35.1 Å². The van der Waals surface area contributed by atoms with Crippen LogP contribution in [0.5, 0.6) is 0 Å². The van der Waals surface area contributed by atoms with Gasteiger partial charge in [0.2, 0.25) is 17.7 Å². The molecule has 3 heterocycles. The smallest absolute Gasteiger partial charge is 0.303 e. The molecular weight excluding hydrogens is 410 g/mol. The number of hydrogen-bond acceptors (Lipinski definition) is 5. The Morgan fingerprint density at radius 2 is 1.75 bits per heavy atom. The number of benzene rings is 2. The summed E-state index contributed by atoms with van der Waals surface area (Å²) >= 11 is 0. The van der Waals surface area contributed by atoms with Crippen LogP contribution >= 0.6 is 0 Å². The van der Waals surface area contributed by atoms with E-state index in [0.29, 0.717) is 16.9 Å². The number of fused-ring (bicyclic) bond motifs is 4. The van der Waals surface area contributed by atoms with Crippen LogP contribution in [0.25, 0.3) is 0 Å². The van der Waals surface area contributed by atoms with E-state index >= 15 is 0 Å². The summed E-state index contributed by atoms with van der Waals surface area (Å²) in [5.41, 5.74) is 2.10. The maximum Gasteiger partial charge on any atom is 0.303 e. The number of nitrogens with one attached hydrogen (secondary N) is 2. The molecule has 3 N–H and O–H groups in total. The molecule has 3 aliphatic heterocycles. The predicted molar refractivity (Wildman–Crippen MR) is 116 cm³/mol. The summed E-state index contributed by atoms with van der Waals surface area (Å²) in [5, 5.41) is 15.3. The van der Waals surface area contributed by atoms with E-state index in [1.54, 1.807) is 36.4 Å².